The highest BCUT2D eigenvalue weighted by atomic mass is 35.5. The number of furan rings is 1. The number of hydrogen-bond acceptors (Lipinski definition) is 3. The van der Waals surface area contributed by atoms with Crippen LogP contribution < -0.4 is 0 Å². The van der Waals surface area contributed by atoms with Gasteiger partial charge in [-0.15, -0.1) is 0 Å². The summed E-state index contributed by atoms with van der Waals surface area (Å²) in [6.07, 6.45) is 0.573. The molecule has 7 heteroatoms. The number of halogens is 3. The number of amides is 1. The number of β-amino-alcohol motifs (C(OH)–C–C–N with tert-alkyl or cyclic N) is 1. The summed E-state index contributed by atoms with van der Waals surface area (Å²) >= 11 is 5.79. The summed E-state index contributed by atoms with van der Waals surface area (Å²) < 4.78 is 32.2. The molecule has 1 N–H and O–H groups in total. The lowest BCUT2D eigenvalue weighted by molar-refractivity contribution is 0.0713. The van der Waals surface area contributed by atoms with Crippen molar-refractivity contribution < 1.29 is 23.1 Å². The summed E-state index contributed by atoms with van der Waals surface area (Å²) in [5.41, 5.74) is 0.155. The predicted octanol–water partition coefficient (Wildman–Crippen LogP) is 3.16. The Balaban J connectivity index is 1.98. The number of likely N-dealkylation sites (tertiary alicyclic amines) is 1. The summed E-state index contributed by atoms with van der Waals surface area (Å²) in [6.45, 7) is 0.0148. The van der Waals surface area contributed by atoms with Crippen LogP contribution in [-0.2, 0) is 0 Å². The molecular formula is C15H12ClF2NO3. The third-order valence-electron chi connectivity index (χ3n) is 3.71. The van der Waals surface area contributed by atoms with Crippen LogP contribution in [0.1, 0.15) is 28.4 Å². The number of aliphatic hydroxyl groups is 1. The molecular weight excluding hydrogens is 316 g/mol. The Kier molecular flexibility index (Phi) is 3.88. The first kappa shape index (κ1) is 15.0. The van der Waals surface area contributed by atoms with E-state index < -0.39 is 29.7 Å². The first-order valence-corrected chi connectivity index (χ1v) is 7.02. The lowest BCUT2D eigenvalue weighted by Crippen LogP contribution is -2.32. The third kappa shape index (κ3) is 2.60. The van der Waals surface area contributed by atoms with Crippen LogP contribution in [0.25, 0.3) is 0 Å². The van der Waals surface area contributed by atoms with Gasteiger partial charge < -0.3 is 14.4 Å². The van der Waals surface area contributed by atoms with Crippen LogP contribution in [0.3, 0.4) is 0 Å². The zero-order chi connectivity index (χ0) is 15.9. The second kappa shape index (κ2) is 5.70. The normalized spacial score (nSPS) is 21.4. The fraction of sp³-hybridized carbons (Fsp3) is 0.267. The van der Waals surface area contributed by atoms with Crippen LogP contribution in [0.2, 0.25) is 5.22 Å². The quantitative estimate of drug-likeness (QED) is 0.922. The molecule has 1 aromatic heterocycles. The number of carbonyl (C=O) groups excluding carboxylic acids is 1. The van der Waals surface area contributed by atoms with Gasteiger partial charge in [0.25, 0.3) is 5.91 Å². The molecule has 116 valence electrons. The molecule has 1 fully saturated rings. The maximum Gasteiger partial charge on any atom is 0.259 e. The van der Waals surface area contributed by atoms with Gasteiger partial charge in [0.2, 0.25) is 5.22 Å². The van der Waals surface area contributed by atoms with Gasteiger partial charge in [0.1, 0.15) is 11.6 Å². The van der Waals surface area contributed by atoms with E-state index >= 15 is 0 Å². The summed E-state index contributed by atoms with van der Waals surface area (Å²) in [5.74, 6) is -1.73. The number of benzene rings is 1. The van der Waals surface area contributed by atoms with Crippen molar-refractivity contribution in [2.75, 3.05) is 6.54 Å². The Morgan fingerprint density at radius 1 is 1.36 bits per heavy atom. The highest BCUT2D eigenvalue weighted by Gasteiger charge is 2.38. The molecule has 2 atom stereocenters. The van der Waals surface area contributed by atoms with E-state index in [1.165, 1.54) is 17.2 Å². The van der Waals surface area contributed by atoms with Crippen LogP contribution in [0.5, 0.6) is 0 Å². The van der Waals surface area contributed by atoms with Crippen LogP contribution in [0, 0.1) is 11.6 Å². The smallest absolute Gasteiger partial charge is 0.259 e. The molecule has 4 nitrogen and oxygen atoms in total. The lowest BCUT2D eigenvalue weighted by atomic mass is 10.0. The largest absolute Gasteiger partial charge is 0.452 e. The van der Waals surface area contributed by atoms with Gasteiger partial charge in [0.05, 0.1) is 24.0 Å². The molecule has 0 unspecified atom stereocenters. The fourth-order valence-corrected chi connectivity index (χ4v) is 2.90. The maximum atomic E-state index is 14.0. The van der Waals surface area contributed by atoms with Crippen molar-refractivity contribution in [2.45, 2.75) is 18.6 Å². The van der Waals surface area contributed by atoms with E-state index in [9.17, 15) is 18.7 Å². The Bertz CT molecular complexity index is 719. The molecule has 0 saturated carbocycles. The minimum Gasteiger partial charge on any atom is -0.452 e. The summed E-state index contributed by atoms with van der Waals surface area (Å²) in [6, 6.07) is 3.68. The fourth-order valence-electron chi connectivity index (χ4n) is 2.70. The minimum absolute atomic E-state index is 0.0148. The Labute approximate surface area is 129 Å². The van der Waals surface area contributed by atoms with Gasteiger partial charge in [0, 0.05) is 12.1 Å². The number of rotatable bonds is 2. The van der Waals surface area contributed by atoms with Crippen LogP contribution in [0.4, 0.5) is 8.78 Å². The van der Waals surface area contributed by atoms with Crippen molar-refractivity contribution in [3.05, 3.63) is 58.5 Å². The van der Waals surface area contributed by atoms with Crippen molar-refractivity contribution in [1.82, 2.24) is 4.90 Å². The van der Waals surface area contributed by atoms with Crippen LogP contribution in [0.15, 0.2) is 34.9 Å². The van der Waals surface area contributed by atoms with Gasteiger partial charge in [-0.1, -0.05) is 0 Å². The first-order chi connectivity index (χ1) is 10.5. The second-order valence-corrected chi connectivity index (χ2v) is 5.48. The highest BCUT2D eigenvalue weighted by Crippen LogP contribution is 2.36. The molecule has 1 aliphatic heterocycles. The van der Waals surface area contributed by atoms with Crippen molar-refractivity contribution in [2.24, 2.45) is 0 Å². The number of aliphatic hydroxyl groups excluding tert-OH is 1. The van der Waals surface area contributed by atoms with Crippen molar-refractivity contribution >= 4 is 17.5 Å². The van der Waals surface area contributed by atoms with E-state index in [2.05, 4.69) is 0 Å². The minimum atomic E-state index is -0.817. The topological polar surface area (TPSA) is 53.7 Å². The molecule has 0 bridgehead atoms. The van der Waals surface area contributed by atoms with Crippen molar-refractivity contribution in [3.63, 3.8) is 0 Å². The lowest BCUT2D eigenvalue weighted by Gasteiger charge is -2.24. The first-order valence-electron chi connectivity index (χ1n) is 6.64. The molecule has 1 saturated heterocycles. The van der Waals surface area contributed by atoms with Crippen LogP contribution >= 0.6 is 11.6 Å². The standard InChI is InChI=1S/C15H12ClF2NO3/c16-14-10(3-4-22-14)15(21)19-7-9(20)6-13(19)11-5-8(17)1-2-12(11)18/h1-5,9,13,20H,6-7H2/t9-,13+/m0/s1. The maximum absolute atomic E-state index is 14.0. The van der Waals surface area contributed by atoms with Gasteiger partial charge in [-0.05, 0) is 42.3 Å². The SMILES string of the molecule is O=C(c1ccoc1Cl)N1C[C@@H](O)C[C@@H]1c1cc(F)ccc1F. The number of nitrogens with zero attached hydrogens (tertiary/aromatic N) is 1. The third-order valence-corrected chi connectivity index (χ3v) is 4.00. The van der Waals surface area contributed by atoms with Gasteiger partial charge in [-0.3, -0.25) is 4.79 Å². The van der Waals surface area contributed by atoms with E-state index in [0.29, 0.717) is 0 Å². The van der Waals surface area contributed by atoms with Gasteiger partial charge in [0.15, 0.2) is 0 Å². The van der Waals surface area contributed by atoms with Crippen LogP contribution in [-0.4, -0.2) is 28.6 Å². The molecule has 1 amide bonds. The molecule has 2 aromatic rings. The molecule has 0 radical (unpaired) electrons. The molecule has 3 rings (SSSR count). The summed E-state index contributed by atoms with van der Waals surface area (Å²) in [5, 5.41) is 9.76. The van der Waals surface area contributed by atoms with Crippen molar-refractivity contribution in [3.8, 4) is 0 Å². The summed E-state index contributed by atoms with van der Waals surface area (Å²) in [7, 11) is 0. The zero-order valence-corrected chi connectivity index (χ0v) is 12.1. The van der Waals surface area contributed by atoms with E-state index in [1.807, 2.05) is 0 Å². The summed E-state index contributed by atoms with van der Waals surface area (Å²) in [4.78, 5) is 13.8. The Morgan fingerprint density at radius 2 is 2.14 bits per heavy atom. The molecule has 0 spiro atoms. The van der Waals surface area contributed by atoms with E-state index in [0.717, 1.165) is 18.2 Å². The molecule has 22 heavy (non-hydrogen) atoms. The van der Waals surface area contributed by atoms with E-state index in [-0.39, 0.29) is 29.3 Å². The Hall–Kier alpha value is -1.92. The van der Waals surface area contributed by atoms with Gasteiger partial charge in [-0.25, -0.2) is 8.78 Å². The molecule has 2 heterocycles. The highest BCUT2D eigenvalue weighted by molar-refractivity contribution is 6.32. The predicted molar refractivity (Wildman–Crippen MR) is 74.5 cm³/mol. The Morgan fingerprint density at radius 3 is 2.82 bits per heavy atom. The average Bonchev–Trinajstić information content (AvgIpc) is 3.07. The number of hydrogen-bond donors (Lipinski definition) is 1. The average molecular weight is 328 g/mol. The number of carbonyl (C=O) groups is 1. The monoisotopic (exact) mass is 327 g/mol. The molecule has 0 aliphatic carbocycles. The zero-order valence-electron chi connectivity index (χ0n) is 11.3. The van der Waals surface area contributed by atoms with Gasteiger partial charge in [-0.2, -0.15) is 0 Å². The molecule has 1 aromatic carbocycles. The van der Waals surface area contributed by atoms with Crippen molar-refractivity contribution in [1.29, 1.82) is 0 Å². The van der Waals surface area contributed by atoms with E-state index in [4.69, 9.17) is 16.0 Å². The van der Waals surface area contributed by atoms with Gasteiger partial charge >= 0.3 is 0 Å². The second-order valence-electron chi connectivity index (χ2n) is 5.14. The van der Waals surface area contributed by atoms with E-state index in [1.54, 1.807) is 0 Å². The molecule has 1 aliphatic rings.